The second-order valence-corrected chi connectivity index (χ2v) is 11.4. The molecule has 1 aliphatic rings. The monoisotopic (exact) mass is 565 g/mol. The molecule has 0 saturated heterocycles. The lowest BCUT2D eigenvalue weighted by molar-refractivity contribution is -0.129. The third-order valence-corrected chi connectivity index (χ3v) is 8.70. The van der Waals surface area contributed by atoms with Gasteiger partial charge >= 0.3 is 5.97 Å². The van der Waals surface area contributed by atoms with Crippen LogP contribution < -0.4 is 10.6 Å². The maximum atomic E-state index is 13.8. The van der Waals surface area contributed by atoms with Crippen molar-refractivity contribution in [1.29, 1.82) is 0 Å². The van der Waals surface area contributed by atoms with Crippen LogP contribution in [0.5, 0.6) is 0 Å². The lowest BCUT2D eigenvalue weighted by atomic mass is 10.0. The third kappa shape index (κ3) is 6.88. The predicted octanol–water partition coefficient (Wildman–Crippen LogP) is 5.65. The molecule has 10 heteroatoms. The average Bonchev–Trinajstić information content (AvgIpc) is 3.29. The Morgan fingerprint density at radius 1 is 1.08 bits per heavy atom. The molecule has 204 valence electrons. The first-order valence-corrected chi connectivity index (χ1v) is 14.4. The van der Waals surface area contributed by atoms with Gasteiger partial charge in [0.2, 0.25) is 17.7 Å². The number of hydrogen-bond donors (Lipinski definition) is 2. The predicted molar refractivity (Wildman–Crippen MR) is 154 cm³/mol. The van der Waals surface area contributed by atoms with Crippen molar-refractivity contribution in [2.45, 2.75) is 49.8 Å². The SMILES string of the molecule is CCCC(=O)Nc1cccc(SC(C(=O)Nc2sc3c(c2C(=O)OC)CCN(C(C)=O)C3)c2ccccc2)c1. The number of ether oxygens (including phenoxy) is 1. The van der Waals surface area contributed by atoms with E-state index in [1.807, 2.05) is 61.5 Å². The van der Waals surface area contributed by atoms with Crippen molar-refractivity contribution < 1.29 is 23.9 Å². The summed E-state index contributed by atoms with van der Waals surface area (Å²) in [5.41, 5.74) is 2.63. The van der Waals surface area contributed by atoms with Crippen LogP contribution in [-0.4, -0.2) is 42.2 Å². The number of carbonyl (C=O) groups excluding carboxylic acids is 4. The number of nitrogens with one attached hydrogen (secondary N) is 2. The maximum Gasteiger partial charge on any atom is 0.341 e. The first kappa shape index (κ1) is 28.4. The Morgan fingerprint density at radius 2 is 1.85 bits per heavy atom. The van der Waals surface area contributed by atoms with Gasteiger partial charge in [-0.15, -0.1) is 23.1 Å². The number of rotatable bonds is 9. The van der Waals surface area contributed by atoms with Gasteiger partial charge in [-0.25, -0.2) is 4.79 Å². The summed E-state index contributed by atoms with van der Waals surface area (Å²) in [5.74, 6) is -0.900. The number of hydrogen-bond acceptors (Lipinski definition) is 7. The summed E-state index contributed by atoms with van der Waals surface area (Å²) < 4.78 is 5.06. The molecule has 0 spiro atoms. The minimum Gasteiger partial charge on any atom is -0.465 e. The van der Waals surface area contributed by atoms with Gasteiger partial charge in [-0.05, 0) is 42.2 Å². The highest BCUT2D eigenvalue weighted by Gasteiger charge is 2.31. The van der Waals surface area contributed by atoms with E-state index in [0.717, 1.165) is 27.3 Å². The summed E-state index contributed by atoms with van der Waals surface area (Å²) in [7, 11) is 1.32. The Labute approximate surface area is 236 Å². The molecule has 1 atom stereocenters. The summed E-state index contributed by atoms with van der Waals surface area (Å²) in [6.07, 6.45) is 1.70. The van der Waals surface area contributed by atoms with Gasteiger partial charge in [0.25, 0.3) is 0 Å². The largest absolute Gasteiger partial charge is 0.465 e. The number of fused-ring (bicyclic) bond motifs is 1. The van der Waals surface area contributed by atoms with E-state index in [1.54, 1.807) is 4.90 Å². The zero-order valence-corrected chi connectivity index (χ0v) is 23.7. The number of anilines is 2. The Hall–Kier alpha value is -3.63. The summed E-state index contributed by atoms with van der Waals surface area (Å²) in [6.45, 7) is 4.37. The zero-order chi connectivity index (χ0) is 27.9. The fourth-order valence-corrected chi connectivity index (χ4v) is 6.73. The van der Waals surface area contributed by atoms with E-state index in [-0.39, 0.29) is 17.7 Å². The van der Waals surface area contributed by atoms with Gasteiger partial charge in [0.05, 0.1) is 19.2 Å². The average molecular weight is 566 g/mol. The molecule has 1 aliphatic heterocycles. The summed E-state index contributed by atoms with van der Waals surface area (Å²) in [5, 5.41) is 5.68. The normalized spacial score (nSPS) is 13.3. The molecule has 2 aromatic carbocycles. The van der Waals surface area contributed by atoms with Gasteiger partial charge in [0.1, 0.15) is 10.3 Å². The zero-order valence-electron chi connectivity index (χ0n) is 22.1. The molecule has 0 saturated carbocycles. The Bertz CT molecular complexity index is 1370. The molecule has 2 heterocycles. The molecule has 0 fully saturated rings. The number of thioether (sulfide) groups is 1. The number of carbonyl (C=O) groups is 4. The van der Waals surface area contributed by atoms with Gasteiger partial charge in [-0.1, -0.05) is 43.3 Å². The Morgan fingerprint density at radius 3 is 2.54 bits per heavy atom. The van der Waals surface area contributed by atoms with Crippen molar-refractivity contribution in [2.24, 2.45) is 0 Å². The van der Waals surface area contributed by atoms with Gasteiger partial charge in [0, 0.05) is 35.3 Å². The number of benzene rings is 2. The van der Waals surface area contributed by atoms with E-state index < -0.39 is 11.2 Å². The van der Waals surface area contributed by atoms with Gasteiger partial charge < -0.3 is 20.3 Å². The number of thiophene rings is 1. The van der Waals surface area contributed by atoms with Gasteiger partial charge in [-0.2, -0.15) is 0 Å². The van der Waals surface area contributed by atoms with Crippen molar-refractivity contribution in [1.82, 2.24) is 4.90 Å². The minimum absolute atomic E-state index is 0.0343. The molecule has 4 rings (SSSR count). The van der Waals surface area contributed by atoms with Crippen LogP contribution in [0.1, 0.15) is 58.3 Å². The van der Waals surface area contributed by atoms with Gasteiger partial charge in [0.15, 0.2) is 0 Å². The molecule has 2 N–H and O–H groups in total. The molecule has 0 bridgehead atoms. The van der Waals surface area contributed by atoms with E-state index in [2.05, 4.69) is 10.6 Å². The highest BCUT2D eigenvalue weighted by atomic mass is 32.2. The molecule has 8 nitrogen and oxygen atoms in total. The summed E-state index contributed by atoms with van der Waals surface area (Å²) >= 11 is 2.66. The first-order chi connectivity index (χ1) is 18.8. The summed E-state index contributed by atoms with van der Waals surface area (Å²) in [6, 6.07) is 16.8. The Kier molecular flexibility index (Phi) is 9.42. The second kappa shape index (κ2) is 12.9. The molecule has 0 aliphatic carbocycles. The maximum absolute atomic E-state index is 13.8. The third-order valence-electron chi connectivity index (χ3n) is 6.32. The van der Waals surface area contributed by atoms with Crippen LogP contribution in [0.3, 0.4) is 0 Å². The smallest absolute Gasteiger partial charge is 0.341 e. The van der Waals surface area contributed by atoms with Crippen LogP contribution >= 0.6 is 23.1 Å². The second-order valence-electron chi connectivity index (χ2n) is 9.11. The lowest BCUT2D eigenvalue weighted by Gasteiger charge is -2.25. The molecule has 0 radical (unpaired) electrons. The van der Waals surface area contributed by atoms with Crippen LogP contribution in [0.4, 0.5) is 10.7 Å². The van der Waals surface area contributed by atoms with Crippen LogP contribution in [0.25, 0.3) is 0 Å². The lowest BCUT2D eigenvalue weighted by Crippen LogP contribution is -2.33. The topological polar surface area (TPSA) is 105 Å². The molecular formula is C29H31N3O5S2. The van der Waals surface area contributed by atoms with E-state index in [9.17, 15) is 19.2 Å². The quantitative estimate of drug-likeness (QED) is 0.257. The van der Waals surface area contributed by atoms with Crippen LogP contribution in [0.2, 0.25) is 0 Å². The van der Waals surface area contributed by atoms with E-state index >= 15 is 0 Å². The van der Waals surface area contributed by atoms with E-state index in [4.69, 9.17) is 4.74 Å². The molecule has 3 aromatic rings. The highest BCUT2D eigenvalue weighted by molar-refractivity contribution is 8.00. The summed E-state index contributed by atoms with van der Waals surface area (Å²) in [4.78, 5) is 54.0. The van der Waals surface area contributed by atoms with Crippen LogP contribution in [-0.2, 0) is 32.1 Å². The van der Waals surface area contributed by atoms with E-state index in [1.165, 1.54) is 37.1 Å². The number of amides is 3. The van der Waals surface area contributed by atoms with Crippen molar-refractivity contribution in [3.8, 4) is 0 Å². The molecule has 1 unspecified atom stereocenters. The molecular weight excluding hydrogens is 534 g/mol. The fourth-order valence-electron chi connectivity index (χ4n) is 4.39. The highest BCUT2D eigenvalue weighted by Crippen LogP contribution is 2.41. The molecule has 3 amide bonds. The van der Waals surface area contributed by atoms with Crippen LogP contribution in [0.15, 0.2) is 59.5 Å². The standard InChI is InChI=1S/C29H31N3O5S2/c1-4-9-24(34)30-20-12-8-13-21(16-20)38-26(19-10-6-5-7-11-19)27(35)31-28-25(29(36)37-3)22-14-15-32(18(2)33)17-23(22)39-28/h5-8,10-13,16,26H,4,9,14-15,17H2,1-3H3,(H,30,34)(H,31,35). The number of methoxy groups -OCH3 is 1. The number of nitrogens with zero attached hydrogens (tertiary/aromatic N) is 1. The number of esters is 1. The fraction of sp³-hybridized carbons (Fsp3) is 0.310. The Balaban J connectivity index is 1.63. The first-order valence-electron chi connectivity index (χ1n) is 12.7. The van der Waals surface area contributed by atoms with Crippen molar-refractivity contribution in [2.75, 3.05) is 24.3 Å². The van der Waals surface area contributed by atoms with Gasteiger partial charge in [-0.3, -0.25) is 14.4 Å². The van der Waals surface area contributed by atoms with Crippen molar-refractivity contribution >= 4 is 57.5 Å². The molecule has 39 heavy (non-hydrogen) atoms. The minimum atomic E-state index is -0.633. The van der Waals surface area contributed by atoms with E-state index in [0.29, 0.717) is 42.2 Å². The van der Waals surface area contributed by atoms with Crippen molar-refractivity contribution in [3.63, 3.8) is 0 Å². The molecule has 1 aromatic heterocycles. The van der Waals surface area contributed by atoms with Crippen LogP contribution in [0, 0.1) is 0 Å². The van der Waals surface area contributed by atoms with Crippen molar-refractivity contribution in [3.05, 3.63) is 76.2 Å².